The average molecular weight is 228 g/mol. The standard InChI is InChI=1S/C10H10F2N2O2/c11-7-1-5(2-8(12)9(7)13)10(16)14-3-6(15)4-14/h1-2,6,15H,3-4,13H2. The van der Waals surface area contributed by atoms with Crippen LogP contribution >= 0.6 is 0 Å². The zero-order valence-electron chi connectivity index (χ0n) is 8.28. The van der Waals surface area contributed by atoms with Crippen LogP contribution in [0.4, 0.5) is 14.5 Å². The van der Waals surface area contributed by atoms with Crippen LogP contribution < -0.4 is 5.73 Å². The molecule has 0 unspecified atom stereocenters. The fourth-order valence-corrected chi connectivity index (χ4v) is 1.51. The third kappa shape index (κ3) is 1.71. The summed E-state index contributed by atoms with van der Waals surface area (Å²) in [6.45, 7) is 0.374. The van der Waals surface area contributed by atoms with Gasteiger partial charge in [0.15, 0.2) is 0 Å². The number of halogens is 2. The molecule has 4 nitrogen and oxygen atoms in total. The van der Waals surface area contributed by atoms with Gasteiger partial charge in [0.25, 0.3) is 5.91 Å². The smallest absolute Gasteiger partial charge is 0.254 e. The lowest BCUT2D eigenvalue weighted by Crippen LogP contribution is -2.53. The fourth-order valence-electron chi connectivity index (χ4n) is 1.51. The van der Waals surface area contributed by atoms with E-state index in [9.17, 15) is 13.6 Å². The molecule has 1 fully saturated rings. The van der Waals surface area contributed by atoms with E-state index >= 15 is 0 Å². The van der Waals surface area contributed by atoms with Crippen LogP contribution in [0.25, 0.3) is 0 Å². The SMILES string of the molecule is Nc1c(F)cc(C(=O)N2CC(O)C2)cc1F. The number of carbonyl (C=O) groups excluding carboxylic acids is 1. The number of rotatable bonds is 1. The Morgan fingerprint density at radius 2 is 1.88 bits per heavy atom. The van der Waals surface area contributed by atoms with Gasteiger partial charge in [-0.15, -0.1) is 0 Å². The molecule has 2 rings (SSSR count). The second kappa shape index (κ2) is 3.71. The van der Waals surface area contributed by atoms with Crippen molar-refractivity contribution >= 4 is 11.6 Å². The number of hydrogen-bond donors (Lipinski definition) is 2. The predicted molar refractivity (Wildman–Crippen MR) is 52.7 cm³/mol. The molecule has 3 N–H and O–H groups in total. The lowest BCUT2D eigenvalue weighted by atomic mass is 10.1. The summed E-state index contributed by atoms with van der Waals surface area (Å²) < 4.78 is 26.2. The van der Waals surface area contributed by atoms with Crippen LogP contribution in [-0.4, -0.2) is 35.1 Å². The average Bonchev–Trinajstić information content (AvgIpc) is 2.19. The molecule has 1 heterocycles. The maximum absolute atomic E-state index is 13.1. The molecular weight excluding hydrogens is 218 g/mol. The summed E-state index contributed by atoms with van der Waals surface area (Å²) in [6, 6.07) is 1.79. The summed E-state index contributed by atoms with van der Waals surface area (Å²) in [5.41, 5.74) is 4.38. The van der Waals surface area contributed by atoms with Gasteiger partial charge in [0, 0.05) is 18.7 Å². The number of aliphatic hydroxyl groups excluding tert-OH is 1. The minimum absolute atomic E-state index is 0.101. The van der Waals surface area contributed by atoms with Crippen LogP contribution in [0.15, 0.2) is 12.1 Å². The normalized spacial score (nSPS) is 16.1. The molecule has 1 aromatic carbocycles. The first kappa shape index (κ1) is 10.8. The molecule has 86 valence electrons. The molecule has 1 aliphatic heterocycles. The first-order valence-electron chi connectivity index (χ1n) is 4.71. The van der Waals surface area contributed by atoms with Gasteiger partial charge >= 0.3 is 0 Å². The highest BCUT2D eigenvalue weighted by Crippen LogP contribution is 2.20. The Morgan fingerprint density at radius 3 is 2.31 bits per heavy atom. The minimum atomic E-state index is -0.954. The molecule has 0 atom stereocenters. The fraction of sp³-hybridized carbons (Fsp3) is 0.300. The van der Waals surface area contributed by atoms with Gasteiger partial charge in [-0.3, -0.25) is 4.79 Å². The first-order chi connectivity index (χ1) is 7.49. The van der Waals surface area contributed by atoms with E-state index in [4.69, 9.17) is 10.8 Å². The number of β-amino-alcohol motifs (C(OH)–C–C–N with tert-alkyl or cyclic N) is 1. The van der Waals surface area contributed by atoms with Crippen LogP contribution in [-0.2, 0) is 0 Å². The highest BCUT2D eigenvalue weighted by molar-refractivity contribution is 5.95. The van der Waals surface area contributed by atoms with Gasteiger partial charge in [-0.25, -0.2) is 8.78 Å². The van der Waals surface area contributed by atoms with Crippen LogP contribution in [0.1, 0.15) is 10.4 Å². The molecule has 0 radical (unpaired) electrons. The predicted octanol–water partition coefficient (Wildman–Crippen LogP) is 0.364. The van der Waals surface area contributed by atoms with Crippen LogP contribution in [0.2, 0.25) is 0 Å². The number of hydrogen-bond acceptors (Lipinski definition) is 3. The van der Waals surface area contributed by atoms with E-state index in [2.05, 4.69) is 0 Å². The van der Waals surface area contributed by atoms with Gasteiger partial charge in [0.05, 0.1) is 6.10 Å². The lowest BCUT2D eigenvalue weighted by Gasteiger charge is -2.35. The molecule has 0 bridgehead atoms. The van der Waals surface area contributed by atoms with Crippen LogP contribution in [0.3, 0.4) is 0 Å². The molecule has 0 spiro atoms. The van der Waals surface area contributed by atoms with Crippen molar-refractivity contribution in [2.45, 2.75) is 6.10 Å². The van der Waals surface area contributed by atoms with E-state index in [1.54, 1.807) is 0 Å². The third-order valence-corrected chi connectivity index (χ3v) is 2.48. The maximum atomic E-state index is 13.1. The van der Waals surface area contributed by atoms with E-state index in [1.165, 1.54) is 4.90 Å². The number of anilines is 1. The number of benzene rings is 1. The second-order valence-corrected chi connectivity index (χ2v) is 3.72. The van der Waals surface area contributed by atoms with Gasteiger partial charge in [-0.05, 0) is 12.1 Å². The topological polar surface area (TPSA) is 66.6 Å². The first-order valence-corrected chi connectivity index (χ1v) is 4.71. The Morgan fingerprint density at radius 1 is 1.38 bits per heavy atom. The van der Waals surface area contributed by atoms with Crippen LogP contribution in [0, 0.1) is 11.6 Å². The number of amides is 1. The summed E-state index contributed by atoms with van der Waals surface area (Å²) in [5, 5.41) is 9.01. The summed E-state index contributed by atoms with van der Waals surface area (Å²) in [4.78, 5) is 12.9. The Labute approximate surface area is 90.3 Å². The molecule has 0 aliphatic carbocycles. The minimum Gasteiger partial charge on any atom is -0.394 e. The van der Waals surface area contributed by atoms with Crippen molar-refractivity contribution in [1.29, 1.82) is 0 Å². The van der Waals surface area contributed by atoms with Crippen LogP contribution in [0.5, 0.6) is 0 Å². The van der Waals surface area contributed by atoms with E-state index in [1.807, 2.05) is 0 Å². The Kier molecular flexibility index (Phi) is 2.51. The second-order valence-electron chi connectivity index (χ2n) is 3.72. The van der Waals surface area contributed by atoms with Gasteiger partial charge in [-0.2, -0.15) is 0 Å². The highest BCUT2D eigenvalue weighted by Gasteiger charge is 2.30. The maximum Gasteiger partial charge on any atom is 0.254 e. The van der Waals surface area contributed by atoms with E-state index < -0.39 is 29.3 Å². The number of nitrogens with two attached hydrogens (primary N) is 1. The van der Waals surface area contributed by atoms with Crippen molar-refractivity contribution in [3.8, 4) is 0 Å². The third-order valence-electron chi connectivity index (χ3n) is 2.48. The molecule has 6 heteroatoms. The zero-order chi connectivity index (χ0) is 11.9. The number of nitrogen functional groups attached to an aromatic ring is 1. The van der Waals surface area contributed by atoms with Gasteiger partial charge < -0.3 is 15.7 Å². The summed E-state index contributed by atoms with van der Waals surface area (Å²) >= 11 is 0. The number of carbonyl (C=O) groups is 1. The van der Waals surface area contributed by atoms with Crippen molar-refractivity contribution in [1.82, 2.24) is 4.90 Å². The number of aliphatic hydroxyl groups is 1. The Bertz CT molecular complexity index is 421. The van der Waals surface area contributed by atoms with E-state index in [0.29, 0.717) is 0 Å². The van der Waals surface area contributed by atoms with Crippen molar-refractivity contribution in [2.75, 3.05) is 18.8 Å². The Balaban J connectivity index is 2.24. The monoisotopic (exact) mass is 228 g/mol. The van der Waals surface area contributed by atoms with Crippen molar-refractivity contribution < 1.29 is 18.7 Å². The van der Waals surface area contributed by atoms with Gasteiger partial charge in [0.2, 0.25) is 0 Å². The molecular formula is C10H10F2N2O2. The quantitative estimate of drug-likeness (QED) is 0.682. The Hall–Kier alpha value is -1.69. The molecule has 0 aromatic heterocycles. The summed E-state index contributed by atoms with van der Waals surface area (Å²) in [6.07, 6.45) is -0.549. The lowest BCUT2D eigenvalue weighted by molar-refractivity contribution is 0.00584. The van der Waals surface area contributed by atoms with E-state index in [-0.39, 0.29) is 18.7 Å². The highest BCUT2D eigenvalue weighted by atomic mass is 19.1. The van der Waals surface area contributed by atoms with Crippen molar-refractivity contribution in [3.05, 3.63) is 29.3 Å². The summed E-state index contributed by atoms with van der Waals surface area (Å²) in [5.74, 6) is -2.42. The van der Waals surface area contributed by atoms with E-state index in [0.717, 1.165) is 12.1 Å². The molecule has 1 amide bonds. The zero-order valence-corrected chi connectivity index (χ0v) is 8.28. The number of likely N-dealkylation sites (tertiary alicyclic amines) is 1. The van der Waals surface area contributed by atoms with Gasteiger partial charge in [-0.1, -0.05) is 0 Å². The molecule has 0 saturated carbocycles. The van der Waals surface area contributed by atoms with Gasteiger partial charge in [0.1, 0.15) is 17.3 Å². The molecule has 1 saturated heterocycles. The number of nitrogens with zero attached hydrogens (tertiary/aromatic N) is 1. The molecule has 16 heavy (non-hydrogen) atoms. The molecule has 1 aromatic rings. The van der Waals surface area contributed by atoms with Crippen molar-refractivity contribution in [2.24, 2.45) is 0 Å². The summed E-state index contributed by atoms with van der Waals surface area (Å²) in [7, 11) is 0. The van der Waals surface area contributed by atoms with Crippen molar-refractivity contribution in [3.63, 3.8) is 0 Å². The largest absolute Gasteiger partial charge is 0.394 e. The molecule has 1 aliphatic rings.